The van der Waals surface area contributed by atoms with Crippen LogP contribution in [-0.4, -0.2) is 72.2 Å². The van der Waals surface area contributed by atoms with Gasteiger partial charge in [0.05, 0.1) is 12.8 Å². The molecule has 0 amide bonds. The van der Waals surface area contributed by atoms with Gasteiger partial charge in [0.15, 0.2) is 0 Å². The van der Waals surface area contributed by atoms with Gasteiger partial charge in [0.2, 0.25) is 0 Å². The zero-order valence-electron chi connectivity index (χ0n) is 34.8. The summed E-state index contributed by atoms with van der Waals surface area (Å²) in [7, 11) is 4.04. The zero-order valence-corrected chi connectivity index (χ0v) is 35.8. The minimum absolute atomic E-state index is 0. The predicted molar refractivity (Wildman–Crippen MR) is 219 cm³/mol. The Hall–Kier alpha value is -0.634. The van der Waals surface area contributed by atoms with Crippen LogP contribution < -0.4 is 0 Å². The first-order valence-corrected chi connectivity index (χ1v) is 22.1. The molecule has 0 saturated heterocycles. The average Bonchev–Trinajstić information content (AvgIpc) is 3.09. The number of rotatable bonds is 40. The fourth-order valence-corrected chi connectivity index (χ4v) is 6.66. The summed E-state index contributed by atoms with van der Waals surface area (Å²) in [6.07, 6.45) is 45.1. The first kappa shape index (κ1) is 54.7. The van der Waals surface area contributed by atoms with E-state index < -0.39 is 11.9 Å². The van der Waals surface area contributed by atoms with Crippen molar-refractivity contribution >= 4 is 11.9 Å². The summed E-state index contributed by atoms with van der Waals surface area (Å²) in [5.41, 5.74) is 0. The van der Waals surface area contributed by atoms with E-state index in [2.05, 4.69) is 23.6 Å². The molecular formula is C44H90CoN2O4+2. The fraction of sp³-hybridized carbons (Fsp3) is 0.955. The number of nitrogens with zero attached hydrogens (tertiary/aromatic N) is 2. The van der Waals surface area contributed by atoms with E-state index in [1.807, 2.05) is 14.1 Å². The third-order valence-corrected chi connectivity index (χ3v) is 10.2. The van der Waals surface area contributed by atoms with Crippen molar-refractivity contribution in [3.63, 3.8) is 0 Å². The molecule has 0 aromatic heterocycles. The number of aliphatic carboxylic acids is 2. The Morgan fingerprint density at radius 1 is 0.333 bits per heavy atom. The van der Waals surface area contributed by atoms with Crippen LogP contribution in [0.15, 0.2) is 0 Å². The first-order valence-electron chi connectivity index (χ1n) is 22.1. The van der Waals surface area contributed by atoms with Crippen molar-refractivity contribution in [2.24, 2.45) is 0 Å². The van der Waals surface area contributed by atoms with Gasteiger partial charge < -0.3 is 20.0 Å². The molecule has 0 aromatic rings. The smallest absolute Gasteiger partial charge is 0.481 e. The topological polar surface area (TPSA) is 81.1 Å². The molecule has 0 aliphatic carbocycles. The molecule has 0 unspecified atom stereocenters. The van der Waals surface area contributed by atoms with Gasteiger partial charge in [-0.15, -0.1) is 0 Å². The van der Waals surface area contributed by atoms with Crippen LogP contribution in [-0.2, 0) is 26.4 Å². The zero-order chi connectivity index (χ0) is 37.2. The van der Waals surface area contributed by atoms with Crippen molar-refractivity contribution in [2.45, 2.75) is 232 Å². The number of carbonyl (C=O) groups is 2. The molecule has 0 spiro atoms. The maximum Gasteiger partial charge on any atom is 2.00 e. The number of carboxylic acid groups (broad SMARTS) is 2. The summed E-state index contributed by atoms with van der Waals surface area (Å²) in [4.78, 5) is 25.3. The largest absolute Gasteiger partial charge is 2.00 e. The van der Waals surface area contributed by atoms with Gasteiger partial charge in [-0.3, -0.25) is 9.59 Å². The van der Waals surface area contributed by atoms with Crippen molar-refractivity contribution in [2.75, 3.05) is 40.3 Å². The van der Waals surface area contributed by atoms with Crippen LogP contribution in [0, 0.1) is 0 Å². The molecule has 1 radical (unpaired) electrons. The van der Waals surface area contributed by atoms with Crippen LogP contribution in [0.2, 0.25) is 0 Å². The molecule has 0 atom stereocenters. The van der Waals surface area contributed by atoms with Gasteiger partial charge in [0.1, 0.15) is 0 Å². The van der Waals surface area contributed by atoms with Gasteiger partial charge >= 0.3 is 28.7 Å². The molecule has 0 heterocycles. The fourth-order valence-electron chi connectivity index (χ4n) is 6.66. The van der Waals surface area contributed by atoms with Crippen LogP contribution in [0.5, 0.6) is 0 Å². The molecule has 307 valence electrons. The van der Waals surface area contributed by atoms with Crippen molar-refractivity contribution < 1.29 is 36.6 Å². The quantitative estimate of drug-likeness (QED) is 0.0604. The maximum atomic E-state index is 10.5. The second-order valence-electron chi connectivity index (χ2n) is 15.5. The molecule has 2 N–H and O–H groups in total. The molecule has 0 saturated carbocycles. The van der Waals surface area contributed by atoms with Gasteiger partial charge in [-0.25, -0.2) is 0 Å². The van der Waals surface area contributed by atoms with E-state index in [0.29, 0.717) is 13.1 Å². The molecular weight excluding hydrogens is 679 g/mol. The number of unbranched alkanes of at least 4 members (excludes halogenated alkanes) is 30. The second kappa shape index (κ2) is 47.4. The Morgan fingerprint density at radius 3 is 0.686 bits per heavy atom. The third kappa shape index (κ3) is 53.8. The van der Waals surface area contributed by atoms with Crippen LogP contribution in [0.1, 0.15) is 232 Å². The van der Waals surface area contributed by atoms with Crippen molar-refractivity contribution in [1.82, 2.24) is 9.80 Å². The first-order chi connectivity index (χ1) is 24.3. The van der Waals surface area contributed by atoms with E-state index in [9.17, 15) is 9.59 Å². The Morgan fingerprint density at radius 2 is 0.510 bits per heavy atom. The molecule has 6 nitrogen and oxygen atoms in total. The normalized spacial score (nSPS) is 11.1. The Bertz CT molecular complexity index is 626. The summed E-state index contributed by atoms with van der Waals surface area (Å²) in [6, 6.07) is 0. The van der Waals surface area contributed by atoms with Crippen LogP contribution in [0.25, 0.3) is 0 Å². The van der Waals surface area contributed by atoms with E-state index in [1.165, 1.54) is 205 Å². The summed E-state index contributed by atoms with van der Waals surface area (Å²) >= 11 is 0. The number of hydrogen-bond donors (Lipinski definition) is 2. The molecule has 0 rings (SSSR count). The summed E-state index contributed by atoms with van der Waals surface area (Å²) in [5.74, 6) is -1.39. The minimum Gasteiger partial charge on any atom is -0.481 e. The number of hydrogen-bond acceptors (Lipinski definition) is 4. The van der Waals surface area contributed by atoms with E-state index >= 15 is 0 Å². The molecule has 0 aliphatic heterocycles. The van der Waals surface area contributed by atoms with Crippen molar-refractivity contribution in [3.05, 3.63) is 0 Å². The molecule has 0 fully saturated rings. The average molecular weight is 770 g/mol. The SMILES string of the molecule is CCCCCCCCCCCCCCCCCCN(C)CCC(=O)O.CCCCCCCCCCCCCCCCCCN(C)CCC(=O)O.[Co+2]. The van der Waals surface area contributed by atoms with Gasteiger partial charge in [0.25, 0.3) is 0 Å². The monoisotopic (exact) mass is 770 g/mol. The van der Waals surface area contributed by atoms with Crippen molar-refractivity contribution in [3.8, 4) is 0 Å². The van der Waals surface area contributed by atoms with Crippen LogP contribution in [0.3, 0.4) is 0 Å². The predicted octanol–water partition coefficient (Wildman–Crippen LogP) is 13.3. The Kier molecular flexibility index (Phi) is 50.8. The Labute approximate surface area is 329 Å². The van der Waals surface area contributed by atoms with Gasteiger partial charge in [-0.2, -0.15) is 0 Å². The van der Waals surface area contributed by atoms with Crippen LogP contribution in [0.4, 0.5) is 0 Å². The third-order valence-electron chi connectivity index (χ3n) is 10.2. The van der Waals surface area contributed by atoms with Crippen molar-refractivity contribution in [1.29, 1.82) is 0 Å². The standard InChI is InChI=1S/2C22H45NO2.Co/c2*1-3-4-5-6-7-8-9-10-11-12-13-14-15-16-17-18-20-23(2)21-19-22(24)25;/h2*3-21H2,1-2H3,(H,24,25);/q;;+2. The van der Waals surface area contributed by atoms with E-state index in [1.54, 1.807) is 0 Å². The van der Waals surface area contributed by atoms with E-state index in [-0.39, 0.29) is 29.6 Å². The van der Waals surface area contributed by atoms with Gasteiger partial charge in [-0.05, 0) is 40.0 Å². The molecule has 0 aliphatic rings. The van der Waals surface area contributed by atoms with Gasteiger partial charge in [0, 0.05) is 13.1 Å². The molecule has 0 aromatic carbocycles. The maximum absolute atomic E-state index is 10.5. The summed E-state index contributed by atoms with van der Waals surface area (Å²) in [5, 5.41) is 17.3. The van der Waals surface area contributed by atoms with Crippen LogP contribution >= 0.6 is 0 Å². The number of carboxylic acids is 2. The minimum atomic E-state index is -0.696. The second-order valence-corrected chi connectivity index (χ2v) is 15.5. The molecule has 51 heavy (non-hydrogen) atoms. The Balaban J connectivity index is -0.000000886. The molecule has 7 heteroatoms. The van der Waals surface area contributed by atoms with Gasteiger partial charge in [-0.1, -0.05) is 206 Å². The van der Waals surface area contributed by atoms with E-state index in [4.69, 9.17) is 10.2 Å². The summed E-state index contributed by atoms with van der Waals surface area (Å²) < 4.78 is 0. The van der Waals surface area contributed by atoms with E-state index in [0.717, 1.165) is 13.1 Å². The summed E-state index contributed by atoms with van der Waals surface area (Å²) in [6.45, 7) is 7.98. The molecule has 0 bridgehead atoms.